The number of halogens is 13. The molecule has 0 unspecified atom stereocenters. The van der Waals surface area contributed by atoms with Crippen molar-refractivity contribution in [1.29, 1.82) is 10.5 Å². The zero-order valence-corrected chi connectivity index (χ0v) is 44.9. The molecule has 414 valence electrons. The predicted octanol–water partition coefficient (Wildman–Crippen LogP) is 11.4. The van der Waals surface area contributed by atoms with Gasteiger partial charge in [-0.1, -0.05) is 94.9 Å². The van der Waals surface area contributed by atoms with Gasteiger partial charge in [0.1, 0.15) is 21.3 Å². The molecule has 7 aromatic rings. The number of hydrogen-bond acceptors (Lipinski definition) is 2. The van der Waals surface area contributed by atoms with E-state index in [2.05, 4.69) is 170 Å². The summed E-state index contributed by atoms with van der Waals surface area (Å²) in [6.07, 6.45) is 10.5. The average Bonchev–Trinajstić information content (AvgIpc) is 3.69. The molecule has 0 aliphatic heterocycles. The second-order valence-corrected chi connectivity index (χ2v) is 19.8. The molecule has 0 spiro atoms. The molecule has 1 aliphatic rings. The van der Waals surface area contributed by atoms with Crippen molar-refractivity contribution in [2.24, 2.45) is 0 Å². The Labute approximate surface area is 482 Å². The maximum atomic E-state index is 13.6. The van der Waals surface area contributed by atoms with Crippen LogP contribution in [0.1, 0.15) is 68.0 Å². The van der Waals surface area contributed by atoms with Gasteiger partial charge in [0.2, 0.25) is 0 Å². The highest BCUT2D eigenvalue weighted by Gasteiger charge is 2.24. The van der Waals surface area contributed by atoms with Gasteiger partial charge in [0, 0.05) is 53.0 Å². The van der Waals surface area contributed by atoms with Crippen LogP contribution in [-0.2, 0) is 0 Å². The van der Waals surface area contributed by atoms with Crippen molar-refractivity contribution >= 4 is 43.6 Å². The van der Waals surface area contributed by atoms with E-state index in [0.29, 0.717) is 5.92 Å². The Kier molecular flexibility index (Phi) is 27.6. The minimum absolute atomic E-state index is 0. The van der Waals surface area contributed by atoms with Crippen molar-refractivity contribution < 1.29 is 73.9 Å². The molecule has 0 saturated carbocycles. The minimum atomic E-state index is -2.01. The molecule has 0 amide bonds. The number of rotatable bonds is 5. The van der Waals surface area contributed by atoms with Gasteiger partial charge < -0.3 is 0 Å². The van der Waals surface area contributed by atoms with E-state index < -0.39 is 114 Å². The first-order valence-electron chi connectivity index (χ1n) is 23.1. The number of nitriles is 2. The van der Waals surface area contributed by atoms with Crippen LogP contribution in [0.4, 0.5) is 52.7 Å². The second kappa shape index (κ2) is 32.6. The van der Waals surface area contributed by atoms with Gasteiger partial charge in [-0.3, -0.25) is 0 Å². The highest BCUT2D eigenvalue weighted by Crippen LogP contribution is 2.30. The average molecular weight is 1240 g/mol. The molecule has 1 aliphatic carbocycles. The summed E-state index contributed by atoms with van der Waals surface area (Å²) in [6.45, 7) is 21.5. The lowest BCUT2D eigenvalue weighted by Crippen LogP contribution is -3.61. The summed E-state index contributed by atoms with van der Waals surface area (Å²) >= 11 is -0.0167. The van der Waals surface area contributed by atoms with E-state index in [1.807, 2.05) is 0 Å². The molecule has 0 heterocycles. The second-order valence-electron chi connectivity index (χ2n) is 16.8. The van der Waals surface area contributed by atoms with Crippen LogP contribution in [0.3, 0.4) is 0 Å². The standard InChI is InChI=1S/C19H15.C16H18I.C12F4N4.2C7H3BF4.2CH4/c1-4-10-16(11-5-1)19(17-12-6-2-7-13-17)18-14-8-3-9-15-18;1-12(2)14-6-10-16(11-7-14)17-15-8-4-13(3)5-9-15;1-19-5(3-17)7-9(13)11(15)8(6(4-18)20-2)12(16)10(7)14;2*1-2-4(9)6(11)3(8)7(12)5(2)10;;/h1-15H;4-12H,1-3H3;;2*1H3;2*1H4/q2*+1;;;;;. The SMILES string of the molecule is C.C.C1=C[CH+]C(=C(c2ccccc2)c2ccccc2)C=C1.Cc1ccc([I+]c2ccc(C(C)C)cc2)cc1.[B]c1c(F)c(F)c(C)c(F)c1F.[B]c1c(F)c(F)c(C)c(F)c1F.[C-]#[N+]C(C#N)=c1c(F)c(F)c(=C(C#N)[N+]#[C-])c(F)c1F. The minimum Gasteiger partial charge on any atom is -0.226 e. The number of allylic oxidation sites excluding steroid dienone is 5. The Morgan fingerprint density at radius 3 is 1.13 bits per heavy atom. The third-order valence-electron chi connectivity index (χ3n) is 11.2. The number of nitrogens with zero attached hydrogens (tertiary/aromatic N) is 4. The zero-order valence-electron chi connectivity index (χ0n) is 42.7. The van der Waals surface area contributed by atoms with E-state index in [1.54, 1.807) is 0 Å². The molecule has 4 nitrogen and oxygen atoms in total. The third kappa shape index (κ3) is 17.2. The molecule has 0 N–H and O–H groups in total. The van der Waals surface area contributed by atoms with Gasteiger partial charge in [-0.25, -0.2) is 72.9 Å². The molecular weight excluding hydrogens is 1190 g/mol. The van der Waals surface area contributed by atoms with Crippen LogP contribution in [-0.4, -0.2) is 15.7 Å². The monoisotopic (exact) mass is 1240 g/mol. The van der Waals surface area contributed by atoms with Gasteiger partial charge in [0.25, 0.3) is 11.4 Å². The molecule has 0 atom stereocenters. The van der Waals surface area contributed by atoms with Gasteiger partial charge in [-0.2, -0.15) is 0 Å². The van der Waals surface area contributed by atoms with Crippen LogP contribution in [0.15, 0.2) is 139 Å². The van der Waals surface area contributed by atoms with Crippen LogP contribution < -0.4 is 42.6 Å². The number of benzene rings is 7. The highest BCUT2D eigenvalue weighted by atomic mass is 127. The lowest BCUT2D eigenvalue weighted by molar-refractivity contribution is -0.597. The molecule has 8 rings (SSSR count). The largest absolute Gasteiger partial charge is 0.357 e. The van der Waals surface area contributed by atoms with Crippen LogP contribution >= 0.6 is 0 Å². The highest BCUT2D eigenvalue weighted by molar-refractivity contribution is 6.33. The first kappa shape index (κ1) is 69.5. The summed E-state index contributed by atoms with van der Waals surface area (Å²) in [5.74, 6) is -19.4. The maximum Gasteiger partial charge on any atom is 0.357 e. The van der Waals surface area contributed by atoms with E-state index in [4.69, 9.17) is 39.4 Å². The molecule has 0 bridgehead atoms. The normalized spacial score (nSPS) is 10.5. The fourth-order valence-electron chi connectivity index (χ4n) is 6.79. The fraction of sp³-hybridized carbons (Fsp3) is 0.127. The molecule has 19 heteroatoms. The van der Waals surface area contributed by atoms with Crippen molar-refractivity contribution in [2.45, 2.75) is 55.4 Å². The number of aryl methyl sites for hydroxylation is 1. The van der Waals surface area contributed by atoms with Gasteiger partial charge in [0.15, 0.2) is 76.9 Å². The van der Waals surface area contributed by atoms with Crippen LogP contribution in [0.2, 0.25) is 0 Å². The maximum absolute atomic E-state index is 13.6. The van der Waals surface area contributed by atoms with Crippen LogP contribution in [0, 0.1) is 140 Å². The molecule has 0 saturated heterocycles. The van der Waals surface area contributed by atoms with Crippen molar-refractivity contribution in [2.75, 3.05) is 0 Å². The van der Waals surface area contributed by atoms with E-state index in [9.17, 15) is 52.7 Å². The van der Waals surface area contributed by atoms with E-state index >= 15 is 0 Å². The van der Waals surface area contributed by atoms with Crippen molar-refractivity contribution in [3.63, 3.8) is 0 Å². The third-order valence-corrected chi connectivity index (χ3v) is 13.8. The van der Waals surface area contributed by atoms with Crippen LogP contribution in [0.25, 0.3) is 26.7 Å². The summed E-state index contributed by atoms with van der Waals surface area (Å²) in [5, 5.41) is 14.1. The zero-order chi connectivity index (χ0) is 59.5. The summed E-state index contributed by atoms with van der Waals surface area (Å²) in [6, 6.07) is 41.4. The molecule has 0 fully saturated rings. The first-order chi connectivity index (χ1) is 38.0. The quantitative estimate of drug-likeness (QED) is 0.0567. The van der Waals surface area contributed by atoms with Gasteiger partial charge in [0.05, 0.1) is 41.3 Å². The summed E-state index contributed by atoms with van der Waals surface area (Å²) < 4.78 is 158. The number of hydrogen-bond donors (Lipinski definition) is 0. The van der Waals surface area contributed by atoms with Gasteiger partial charge >= 0.3 is 21.2 Å². The summed E-state index contributed by atoms with van der Waals surface area (Å²) in [4.78, 5) is 4.91. The molecule has 0 aromatic heterocycles. The van der Waals surface area contributed by atoms with E-state index in [1.165, 1.54) is 40.5 Å². The van der Waals surface area contributed by atoms with E-state index in [0.717, 1.165) is 26.0 Å². The molecule has 4 radical (unpaired) electrons. The smallest absolute Gasteiger partial charge is 0.226 e. The Hall–Kier alpha value is -8.65. The van der Waals surface area contributed by atoms with Gasteiger partial charge in [-0.05, 0) is 91.7 Å². The Balaban J connectivity index is 0.000000353. The van der Waals surface area contributed by atoms with E-state index in [-0.39, 0.29) is 36.1 Å². The van der Waals surface area contributed by atoms with Crippen LogP contribution in [0.5, 0.6) is 0 Å². The van der Waals surface area contributed by atoms with Crippen molar-refractivity contribution in [1.82, 2.24) is 0 Å². The summed E-state index contributed by atoms with van der Waals surface area (Å²) in [5.41, 5.74) is 1.75. The lowest BCUT2D eigenvalue weighted by Gasteiger charge is -2.08. The Morgan fingerprint density at radius 1 is 0.500 bits per heavy atom. The molecular formula is C63H47B2F12IN4+2. The molecule has 7 aromatic carbocycles. The topological polar surface area (TPSA) is 56.3 Å². The van der Waals surface area contributed by atoms with Gasteiger partial charge in [-0.15, -0.1) is 0 Å². The molecule has 82 heavy (non-hydrogen) atoms. The Bertz CT molecular complexity index is 3340. The lowest BCUT2D eigenvalue weighted by atomic mass is 9.90. The predicted molar refractivity (Wildman–Crippen MR) is 294 cm³/mol. The van der Waals surface area contributed by atoms with Crippen molar-refractivity contribution in [3.8, 4) is 12.1 Å². The van der Waals surface area contributed by atoms with Crippen molar-refractivity contribution in [3.05, 3.63) is 289 Å². The summed E-state index contributed by atoms with van der Waals surface area (Å²) in [7, 11) is 9.44. The Morgan fingerprint density at radius 2 is 0.841 bits per heavy atom. The fourth-order valence-corrected chi connectivity index (χ4v) is 8.94. The first-order valence-corrected chi connectivity index (χ1v) is 25.3.